The van der Waals surface area contributed by atoms with Crippen LogP contribution in [0.5, 0.6) is 0 Å². The number of methoxy groups -OCH3 is 1. The molecule has 1 atom stereocenters. The minimum atomic E-state index is -0.192. The smallest absolute Gasteiger partial charge is 0.258 e. The summed E-state index contributed by atoms with van der Waals surface area (Å²) in [6.45, 7) is 7.19. The summed E-state index contributed by atoms with van der Waals surface area (Å²) in [5.41, 5.74) is 3.79. The van der Waals surface area contributed by atoms with E-state index in [1.54, 1.807) is 11.8 Å². The molecule has 1 aliphatic rings. The fraction of sp³-hybridized carbons (Fsp3) is 0.500. The molecule has 8 nitrogen and oxygen atoms in total. The summed E-state index contributed by atoms with van der Waals surface area (Å²) in [5, 5.41) is 13.4. The first-order valence-corrected chi connectivity index (χ1v) is 9.83. The van der Waals surface area contributed by atoms with E-state index in [0.29, 0.717) is 13.2 Å². The molecule has 0 radical (unpaired) electrons. The number of H-pyrrole nitrogens is 1. The molecular weight excluding hydrogens is 356 g/mol. The van der Waals surface area contributed by atoms with E-state index < -0.39 is 0 Å². The number of nitrogens with zero attached hydrogens (tertiary/aromatic N) is 4. The largest absolute Gasteiger partial charge is 0.383 e. The first-order valence-electron chi connectivity index (χ1n) is 9.83. The molecule has 2 N–H and O–H groups in total. The third kappa shape index (κ3) is 3.33. The van der Waals surface area contributed by atoms with E-state index in [2.05, 4.69) is 33.5 Å². The number of aryl methyl sites for hydroxylation is 2. The average Bonchev–Trinajstić information content (AvgIpc) is 3.37. The van der Waals surface area contributed by atoms with Crippen molar-refractivity contribution in [3.63, 3.8) is 0 Å². The summed E-state index contributed by atoms with van der Waals surface area (Å²) < 4.78 is 6.97. The molecular formula is C20H27N6O2+. The second-order valence-electron chi connectivity index (χ2n) is 7.59. The minimum absolute atomic E-state index is 0.0631. The molecule has 0 bridgehead atoms. The first kappa shape index (κ1) is 18.8. The van der Waals surface area contributed by atoms with Gasteiger partial charge in [0, 0.05) is 25.3 Å². The lowest BCUT2D eigenvalue weighted by Gasteiger charge is -2.24. The van der Waals surface area contributed by atoms with Crippen molar-refractivity contribution < 1.29 is 9.64 Å². The normalized spacial score (nSPS) is 16.1. The van der Waals surface area contributed by atoms with Crippen LogP contribution in [0.1, 0.15) is 41.4 Å². The molecule has 1 saturated heterocycles. The van der Waals surface area contributed by atoms with E-state index in [9.17, 15) is 4.79 Å². The third-order valence-corrected chi connectivity index (χ3v) is 5.76. The van der Waals surface area contributed by atoms with Gasteiger partial charge in [0.05, 0.1) is 37.3 Å². The van der Waals surface area contributed by atoms with E-state index in [1.807, 2.05) is 19.1 Å². The molecule has 0 aliphatic carbocycles. The van der Waals surface area contributed by atoms with Crippen molar-refractivity contribution in [2.45, 2.75) is 39.3 Å². The summed E-state index contributed by atoms with van der Waals surface area (Å²) in [4.78, 5) is 17.6. The van der Waals surface area contributed by atoms with Crippen LogP contribution in [0.4, 0.5) is 0 Å². The zero-order chi connectivity index (χ0) is 19.7. The Morgan fingerprint density at radius 1 is 1.25 bits per heavy atom. The maximum Gasteiger partial charge on any atom is 0.258 e. The number of benzene rings is 1. The maximum atomic E-state index is 13.1. The van der Waals surface area contributed by atoms with Crippen LogP contribution in [0.15, 0.2) is 23.0 Å². The van der Waals surface area contributed by atoms with Crippen LogP contribution in [-0.4, -0.2) is 52.0 Å². The van der Waals surface area contributed by atoms with Crippen LogP contribution in [0.3, 0.4) is 0 Å². The second kappa shape index (κ2) is 7.81. The maximum absolute atomic E-state index is 13.1. The van der Waals surface area contributed by atoms with Crippen LogP contribution in [-0.2, 0) is 11.3 Å². The van der Waals surface area contributed by atoms with Gasteiger partial charge in [-0.1, -0.05) is 12.1 Å². The average molecular weight is 383 g/mol. The number of pyridine rings is 1. The zero-order valence-corrected chi connectivity index (χ0v) is 16.7. The molecule has 1 aliphatic heterocycles. The highest BCUT2D eigenvalue weighted by Gasteiger charge is 2.35. The van der Waals surface area contributed by atoms with Gasteiger partial charge in [0.2, 0.25) is 5.82 Å². The lowest BCUT2D eigenvalue weighted by molar-refractivity contribution is -0.914. The van der Waals surface area contributed by atoms with Crippen LogP contribution >= 0.6 is 0 Å². The minimum Gasteiger partial charge on any atom is -0.383 e. The molecule has 3 heterocycles. The Hall–Kier alpha value is -2.58. The monoisotopic (exact) mass is 383 g/mol. The number of rotatable bonds is 6. The van der Waals surface area contributed by atoms with Crippen molar-refractivity contribution in [1.29, 1.82) is 0 Å². The fourth-order valence-electron chi connectivity index (χ4n) is 4.22. The lowest BCUT2D eigenvalue weighted by atomic mass is 10.00. The first-order chi connectivity index (χ1) is 13.6. The van der Waals surface area contributed by atoms with Crippen molar-refractivity contribution in [3.05, 3.63) is 51.1 Å². The van der Waals surface area contributed by atoms with E-state index in [4.69, 9.17) is 4.74 Å². The number of fused-ring (bicyclic) bond motifs is 1. The van der Waals surface area contributed by atoms with Gasteiger partial charge in [-0.15, -0.1) is 5.10 Å². The van der Waals surface area contributed by atoms with Crippen LogP contribution in [0.25, 0.3) is 10.9 Å². The molecule has 4 rings (SSSR count). The summed E-state index contributed by atoms with van der Waals surface area (Å²) in [5.74, 6) is 0.726. The Labute approximate surface area is 163 Å². The number of aromatic amines is 1. The van der Waals surface area contributed by atoms with E-state index >= 15 is 0 Å². The number of hydrogen-bond acceptors (Lipinski definition) is 5. The molecule has 0 spiro atoms. The van der Waals surface area contributed by atoms with Gasteiger partial charge < -0.3 is 14.6 Å². The van der Waals surface area contributed by atoms with Crippen molar-refractivity contribution in [2.24, 2.45) is 0 Å². The summed E-state index contributed by atoms with van der Waals surface area (Å²) >= 11 is 0. The van der Waals surface area contributed by atoms with Crippen molar-refractivity contribution >= 4 is 10.9 Å². The Kier molecular flexibility index (Phi) is 5.23. The molecule has 1 aromatic carbocycles. The van der Waals surface area contributed by atoms with Gasteiger partial charge >= 0.3 is 0 Å². The molecule has 8 heteroatoms. The number of tetrazole rings is 1. The van der Waals surface area contributed by atoms with Gasteiger partial charge in [0.1, 0.15) is 0 Å². The number of aromatic nitrogens is 5. The zero-order valence-electron chi connectivity index (χ0n) is 16.7. The summed E-state index contributed by atoms with van der Waals surface area (Å²) in [6, 6.07) is 5.99. The SMILES string of the molecule is COCCn1nnnc1[C@@H](c1cc2c(C)ccc(C)c2[nH]c1=O)[NH+]1CCCC1. The standard InChI is InChI=1S/C20H26N6O2/c1-13-6-7-14(2)17-15(13)12-16(20(27)21-17)18(25-8-4-5-9-25)19-22-23-24-26(19)10-11-28-3/h6-7,12,18H,4-5,8-11H2,1-3H3,(H,21,27)/p+1/t18-/m1/s1. The predicted octanol–water partition coefficient (Wildman–Crippen LogP) is 0.546. The van der Waals surface area contributed by atoms with Crippen molar-refractivity contribution in [2.75, 3.05) is 26.8 Å². The molecule has 0 amide bonds. The van der Waals surface area contributed by atoms with Crippen LogP contribution < -0.4 is 10.5 Å². The van der Waals surface area contributed by atoms with Gasteiger partial charge in [0.15, 0.2) is 6.04 Å². The van der Waals surface area contributed by atoms with Gasteiger partial charge in [-0.2, -0.15) is 0 Å². The van der Waals surface area contributed by atoms with Gasteiger partial charge in [-0.3, -0.25) is 4.79 Å². The number of quaternary nitrogens is 1. The molecule has 1 fully saturated rings. The highest BCUT2D eigenvalue weighted by Crippen LogP contribution is 2.23. The second-order valence-corrected chi connectivity index (χ2v) is 7.59. The lowest BCUT2D eigenvalue weighted by Crippen LogP contribution is -3.10. The Morgan fingerprint density at radius 2 is 2.00 bits per heavy atom. The van der Waals surface area contributed by atoms with Gasteiger partial charge in [-0.05, 0) is 41.5 Å². The summed E-state index contributed by atoms with van der Waals surface area (Å²) in [7, 11) is 1.66. The number of likely N-dealkylation sites (tertiary alicyclic amines) is 1. The van der Waals surface area contributed by atoms with Gasteiger partial charge in [-0.25, -0.2) is 4.68 Å². The molecule has 2 aromatic heterocycles. The van der Waals surface area contributed by atoms with Crippen molar-refractivity contribution in [1.82, 2.24) is 25.2 Å². The molecule has 3 aromatic rings. The highest BCUT2D eigenvalue weighted by atomic mass is 16.5. The topological polar surface area (TPSA) is 90.1 Å². The molecule has 28 heavy (non-hydrogen) atoms. The summed E-state index contributed by atoms with van der Waals surface area (Å²) in [6.07, 6.45) is 2.30. The van der Waals surface area contributed by atoms with E-state index in [0.717, 1.165) is 59.3 Å². The van der Waals surface area contributed by atoms with Crippen molar-refractivity contribution in [3.8, 4) is 0 Å². The highest BCUT2D eigenvalue weighted by molar-refractivity contribution is 5.85. The van der Waals surface area contributed by atoms with Crippen LogP contribution in [0.2, 0.25) is 0 Å². The van der Waals surface area contributed by atoms with Gasteiger partial charge in [0.25, 0.3) is 5.56 Å². The van der Waals surface area contributed by atoms with Crippen LogP contribution in [0, 0.1) is 13.8 Å². The molecule has 0 unspecified atom stereocenters. The predicted molar refractivity (Wildman–Crippen MR) is 106 cm³/mol. The Bertz CT molecular complexity index is 1030. The number of ether oxygens (including phenoxy) is 1. The molecule has 0 saturated carbocycles. The Balaban J connectivity index is 1.88. The quantitative estimate of drug-likeness (QED) is 0.649. The third-order valence-electron chi connectivity index (χ3n) is 5.76. The molecule has 148 valence electrons. The number of hydrogen-bond donors (Lipinski definition) is 2. The van der Waals surface area contributed by atoms with E-state index in [1.165, 1.54) is 4.90 Å². The number of nitrogens with one attached hydrogen (secondary N) is 2. The fourth-order valence-corrected chi connectivity index (χ4v) is 4.22. The Morgan fingerprint density at radius 3 is 2.75 bits per heavy atom. The van der Waals surface area contributed by atoms with E-state index in [-0.39, 0.29) is 11.6 Å².